The van der Waals surface area contributed by atoms with Gasteiger partial charge < -0.3 is 14.9 Å². The Kier molecular flexibility index (Phi) is 6.18. The van der Waals surface area contributed by atoms with E-state index < -0.39 is 15.4 Å². The number of sulfone groups is 1. The Labute approximate surface area is 164 Å². The van der Waals surface area contributed by atoms with Crippen LogP contribution in [0.4, 0.5) is 5.69 Å². The van der Waals surface area contributed by atoms with Gasteiger partial charge in [-0.2, -0.15) is 0 Å². The molecule has 1 aromatic carbocycles. The predicted molar refractivity (Wildman–Crippen MR) is 110 cm³/mol. The van der Waals surface area contributed by atoms with Crippen molar-refractivity contribution in [3.05, 3.63) is 24.3 Å². The molecule has 3 rings (SSSR count). The number of likely N-dealkylation sites (tertiary alicyclic amines) is 1. The van der Waals surface area contributed by atoms with Crippen LogP contribution < -0.4 is 4.90 Å². The monoisotopic (exact) mass is 394 g/mol. The van der Waals surface area contributed by atoms with Crippen molar-refractivity contribution in [1.29, 1.82) is 0 Å². The van der Waals surface area contributed by atoms with Crippen molar-refractivity contribution in [2.24, 2.45) is 11.8 Å². The third-order valence-electron chi connectivity index (χ3n) is 6.40. The van der Waals surface area contributed by atoms with E-state index >= 15 is 0 Å². The maximum absolute atomic E-state index is 11.8. The standard InChI is InChI=1S/C21H34N2O3S/c1-17(2)18-7-11-22(12-8-18)16-21(24)9-13-23(14-10-21)19-5-4-6-20(15-19)27(3,25)26/h4-6,15,17-18,24H,7-14,16H2,1-3H3. The summed E-state index contributed by atoms with van der Waals surface area (Å²) < 4.78 is 23.6. The van der Waals surface area contributed by atoms with Crippen molar-refractivity contribution in [3.8, 4) is 0 Å². The van der Waals surface area contributed by atoms with Gasteiger partial charge in [0.2, 0.25) is 0 Å². The van der Waals surface area contributed by atoms with Gasteiger partial charge in [0.05, 0.1) is 10.5 Å². The molecule has 0 aliphatic carbocycles. The molecule has 152 valence electrons. The summed E-state index contributed by atoms with van der Waals surface area (Å²) in [6, 6.07) is 7.14. The number of aliphatic hydroxyl groups is 1. The van der Waals surface area contributed by atoms with Crippen LogP contribution in [0.5, 0.6) is 0 Å². The van der Waals surface area contributed by atoms with Crippen LogP contribution in [0.3, 0.4) is 0 Å². The third-order valence-corrected chi connectivity index (χ3v) is 7.51. The summed E-state index contributed by atoms with van der Waals surface area (Å²) in [6.07, 6.45) is 5.15. The molecule has 1 aromatic rings. The van der Waals surface area contributed by atoms with Crippen LogP contribution in [0, 0.1) is 11.8 Å². The molecule has 0 amide bonds. The van der Waals surface area contributed by atoms with Gasteiger partial charge in [0, 0.05) is 31.6 Å². The molecule has 0 radical (unpaired) electrons. The molecule has 6 heteroatoms. The topological polar surface area (TPSA) is 60.9 Å². The van der Waals surface area contributed by atoms with Crippen molar-refractivity contribution in [2.45, 2.75) is 50.0 Å². The van der Waals surface area contributed by atoms with E-state index in [1.807, 2.05) is 6.07 Å². The molecule has 27 heavy (non-hydrogen) atoms. The molecular weight excluding hydrogens is 360 g/mol. The molecule has 0 bridgehead atoms. The molecule has 2 fully saturated rings. The number of anilines is 1. The number of hydrogen-bond acceptors (Lipinski definition) is 5. The Morgan fingerprint density at radius 1 is 1.15 bits per heavy atom. The highest BCUT2D eigenvalue weighted by Gasteiger charge is 2.35. The highest BCUT2D eigenvalue weighted by Crippen LogP contribution is 2.30. The molecule has 2 saturated heterocycles. The number of rotatable bonds is 5. The van der Waals surface area contributed by atoms with E-state index in [2.05, 4.69) is 23.6 Å². The van der Waals surface area contributed by atoms with E-state index in [4.69, 9.17) is 0 Å². The summed E-state index contributed by atoms with van der Waals surface area (Å²) >= 11 is 0. The van der Waals surface area contributed by atoms with Crippen molar-refractivity contribution in [2.75, 3.05) is 43.9 Å². The van der Waals surface area contributed by atoms with Crippen molar-refractivity contribution in [3.63, 3.8) is 0 Å². The zero-order valence-corrected chi connectivity index (χ0v) is 17.7. The molecular formula is C21H34N2O3S. The van der Waals surface area contributed by atoms with E-state index in [0.29, 0.717) is 4.90 Å². The first-order chi connectivity index (χ1) is 12.7. The summed E-state index contributed by atoms with van der Waals surface area (Å²) in [7, 11) is -3.20. The van der Waals surface area contributed by atoms with Crippen molar-refractivity contribution < 1.29 is 13.5 Å². The zero-order chi connectivity index (χ0) is 19.7. The Balaban J connectivity index is 1.55. The molecule has 2 heterocycles. The third kappa shape index (κ3) is 5.24. The van der Waals surface area contributed by atoms with Gasteiger partial charge in [-0.1, -0.05) is 19.9 Å². The van der Waals surface area contributed by atoms with E-state index in [-0.39, 0.29) is 0 Å². The van der Waals surface area contributed by atoms with Crippen LogP contribution in [-0.2, 0) is 9.84 Å². The molecule has 0 saturated carbocycles. The second kappa shape index (κ2) is 8.10. The molecule has 2 aliphatic heterocycles. The molecule has 5 nitrogen and oxygen atoms in total. The van der Waals surface area contributed by atoms with Crippen molar-refractivity contribution in [1.82, 2.24) is 4.90 Å². The summed E-state index contributed by atoms with van der Waals surface area (Å²) in [4.78, 5) is 4.97. The van der Waals surface area contributed by atoms with E-state index in [0.717, 1.165) is 63.1 Å². The normalized spacial score (nSPS) is 22.3. The van der Waals surface area contributed by atoms with Gasteiger partial charge in [0.15, 0.2) is 9.84 Å². The maximum atomic E-state index is 11.8. The lowest BCUT2D eigenvalue weighted by Gasteiger charge is -2.43. The minimum Gasteiger partial charge on any atom is -0.388 e. The first-order valence-electron chi connectivity index (χ1n) is 10.2. The van der Waals surface area contributed by atoms with E-state index in [1.54, 1.807) is 18.2 Å². The Hall–Kier alpha value is -1.11. The summed E-state index contributed by atoms with van der Waals surface area (Å²) in [5.41, 5.74) is 0.299. The van der Waals surface area contributed by atoms with Gasteiger partial charge in [-0.25, -0.2) is 8.42 Å². The fraction of sp³-hybridized carbons (Fsp3) is 0.714. The van der Waals surface area contributed by atoms with Crippen LogP contribution in [-0.4, -0.2) is 63.0 Å². The van der Waals surface area contributed by atoms with Gasteiger partial charge in [-0.3, -0.25) is 0 Å². The van der Waals surface area contributed by atoms with Crippen molar-refractivity contribution >= 4 is 15.5 Å². The van der Waals surface area contributed by atoms with E-state index in [9.17, 15) is 13.5 Å². The Morgan fingerprint density at radius 2 is 1.78 bits per heavy atom. The average molecular weight is 395 g/mol. The molecule has 2 aliphatic rings. The zero-order valence-electron chi connectivity index (χ0n) is 16.9. The maximum Gasteiger partial charge on any atom is 0.175 e. The molecule has 0 atom stereocenters. The highest BCUT2D eigenvalue weighted by atomic mass is 32.2. The fourth-order valence-corrected chi connectivity index (χ4v) is 5.10. The highest BCUT2D eigenvalue weighted by molar-refractivity contribution is 7.90. The second-order valence-electron chi connectivity index (χ2n) is 8.84. The molecule has 0 unspecified atom stereocenters. The lowest BCUT2D eigenvalue weighted by Crippen LogP contribution is -2.52. The lowest BCUT2D eigenvalue weighted by atomic mass is 9.85. The number of nitrogens with zero attached hydrogens (tertiary/aromatic N) is 2. The Bertz CT molecular complexity index is 732. The fourth-order valence-electron chi connectivity index (χ4n) is 4.44. The van der Waals surface area contributed by atoms with E-state index in [1.165, 1.54) is 19.1 Å². The molecule has 1 N–H and O–H groups in total. The summed E-state index contributed by atoms with van der Waals surface area (Å²) in [5.74, 6) is 1.57. The van der Waals surface area contributed by atoms with Gasteiger partial charge in [0.25, 0.3) is 0 Å². The second-order valence-corrected chi connectivity index (χ2v) is 10.9. The van der Waals surface area contributed by atoms with Crippen LogP contribution >= 0.6 is 0 Å². The predicted octanol–water partition coefficient (Wildman–Crippen LogP) is 2.79. The first-order valence-corrected chi connectivity index (χ1v) is 12.1. The Morgan fingerprint density at radius 3 is 2.33 bits per heavy atom. The van der Waals surface area contributed by atoms with Crippen LogP contribution in [0.1, 0.15) is 39.5 Å². The lowest BCUT2D eigenvalue weighted by molar-refractivity contribution is -0.0249. The van der Waals surface area contributed by atoms with Gasteiger partial charge in [-0.05, 0) is 68.8 Å². The minimum absolute atomic E-state index is 0.355. The largest absolute Gasteiger partial charge is 0.388 e. The SMILES string of the molecule is CC(C)C1CCN(CC2(O)CCN(c3cccc(S(C)(=O)=O)c3)CC2)CC1. The van der Waals surface area contributed by atoms with Gasteiger partial charge in [-0.15, -0.1) is 0 Å². The number of hydrogen-bond donors (Lipinski definition) is 1. The minimum atomic E-state index is -3.20. The average Bonchev–Trinajstić information content (AvgIpc) is 2.62. The molecule has 0 spiro atoms. The number of benzene rings is 1. The van der Waals surface area contributed by atoms with Crippen LogP contribution in [0.25, 0.3) is 0 Å². The van der Waals surface area contributed by atoms with Crippen LogP contribution in [0.15, 0.2) is 29.2 Å². The molecule has 0 aromatic heterocycles. The summed E-state index contributed by atoms with van der Waals surface area (Å²) in [5, 5.41) is 11.1. The first kappa shape index (κ1) is 20.6. The quantitative estimate of drug-likeness (QED) is 0.832. The number of piperidine rings is 2. The smallest absolute Gasteiger partial charge is 0.175 e. The summed E-state index contributed by atoms with van der Waals surface area (Å²) in [6.45, 7) is 9.06. The van der Waals surface area contributed by atoms with Gasteiger partial charge >= 0.3 is 0 Å². The van der Waals surface area contributed by atoms with Crippen LogP contribution in [0.2, 0.25) is 0 Å². The van der Waals surface area contributed by atoms with Gasteiger partial charge in [0.1, 0.15) is 0 Å². The number of β-amino-alcohol motifs (C(OH)–C–C–N with tert-alkyl or cyclic N) is 1.